The molecule has 2 amide bonds. The molecule has 0 bridgehead atoms. The van der Waals surface area contributed by atoms with Crippen LogP contribution in [0.1, 0.15) is 35.4 Å². The number of hydrogen-bond donors (Lipinski definition) is 2. The van der Waals surface area contributed by atoms with Gasteiger partial charge in [-0.15, -0.1) is 5.10 Å². The Kier molecular flexibility index (Phi) is 4.53. The van der Waals surface area contributed by atoms with Crippen molar-refractivity contribution in [3.63, 3.8) is 0 Å². The molecular weight excluding hydrogens is 344 g/mol. The summed E-state index contributed by atoms with van der Waals surface area (Å²) < 4.78 is 1.62. The molecule has 3 aromatic rings. The average Bonchev–Trinajstić information content (AvgIpc) is 2.96. The Labute approximate surface area is 156 Å². The van der Waals surface area contributed by atoms with Crippen LogP contribution in [0.25, 0.3) is 16.6 Å². The average molecular weight is 364 g/mol. The van der Waals surface area contributed by atoms with Crippen molar-refractivity contribution < 1.29 is 9.59 Å². The van der Waals surface area contributed by atoms with Gasteiger partial charge in [0.25, 0.3) is 5.91 Å². The van der Waals surface area contributed by atoms with Crippen molar-refractivity contribution in [3.05, 3.63) is 47.9 Å². The first-order chi connectivity index (χ1) is 13.1. The third-order valence-corrected chi connectivity index (χ3v) is 4.78. The second kappa shape index (κ2) is 7.14. The van der Waals surface area contributed by atoms with Crippen LogP contribution in [0.5, 0.6) is 0 Å². The van der Waals surface area contributed by atoms with Crippen molar-refractivity contribution in [3.8, 4) is 5.69 Å². The van der Waals surface area contributed by atoms with Crippen LogP contribution in [0.2, 0.25) is 0 Å². The molecule has 8 nitrogen and oxygen atoms in total. The van der Waals surface area contributed by atoms with Gasteiger partial charge in [-0.25, -0.2) is 4.68 Å². The molecule has 1 aliphatic heterocycles. The zero-order chi connectivity index (χ0) is 18.8. The van der Waals surface area contributed by atoms with E-state index in [1.54, 1.807) is 17.8 Å². The molecule has 0 radical (unpaired) electrons. The second-order valence-corrected chi connectivity index (χ2v) is 6.63. The lowest BCUT2D eigenvalue weighted by Crippen LogP contribution is -2.45. The standard InChI is InChI=1S/C19H20N6O2/c1-12-17(19(27)22-16-6-2-3-9-21-18(16)26)23-24-25(12)14-7-8-15-13(11-14)5-4-10-20-15/h4-5,7-8,10-11,16H,2-3,6,9H2,1H3,(H,21,26)(H,22,27)/t16-/m1/s1. The Balaban J connectivity index is 1.59. The Morgan fingerprint density at radius 1 is 1.30 bits per heavy atom. The van der Waals surface area contributed by atoms with E-state index in [1.807, 2.05) is 30.3 Å². The van der Waals surface area contributed by atoms with Gasteiger partial charge in [0.1, 0.15) is 6.04 Å². The predicted molar refractivity (Wildman–Crippen MR) is 99.5 cm³/mol. The van der Waals surface area contributed by atoms with Crippen LogP contribution in [-0.2, 0) is 4.79 Å². The molecule has 2 aromatic heterocycles. The van der Waals surface area contributed by atoms with Crippen molar-refractivity contribution in [1.29, 1.82) is 0 Å². The van der Waals surface area contributed by atoms with Gasteiger partial charge >= 0.3 is 0 Å². The summed E-state index contributed by atoms with van der Waals surface area (Å²) in [5.74, 6) is -0.531. The van der Waals surface area contributed by atoms with E-state index >= 15 is 0 Å². The fourth-order valence-electron chi connectivity index (χ4n) is 3.28. The maximum Gasteiger partial charge on any atom is 0.274 e. The van der Waals surface area contributed by atoms with Gasteiger partial charge in [-0.1, -0.05) is 11.3 Å². The van der Waals surface area contributed by atoms with Gasteiger partial charge in [0.15, 0.2) is 5.69 Å². The SMILES string of the molecule is Cc1c(C(=O)N[C@@H]2CCCCNC2=O)nnn1-c1ccc2ncccc2c1. The number of nitrogens with one attached hydrogen (secondary N) is 2. The lowest BCUT2D eigenvalue weighted by Gasteiger charge is -2.14. The third-order valence-electron chi connectivity index (χ3n) is 4.78. The molecule has 1 saturated heterocycles. The topological polar surface area (TPSA) is 102 Å². The monoisotopic (exact) mass is 364 g/mol. The maximum absolute atomic E-state index is 12.6. The van der Waals surface area contributed by atoms with E-state index in [1.165, 1.54) is 0 Å². The number of carbonyl (C=O) groups is 2. The number of benzene rings is 1. The van der Waals surface area contributed by atoms with E-state index in [9.17, 15) is 9.59 Å². The number of aromatic nitrogens is 4. The fourth-order valence-corrected chi connectivity index (χ4v) is 3.28. The summed E-state index contributed by atoms with van der Waals surface area (Å²) in [6, 6.07) is 9.05. The summed E-state index contributed by atoms with van der Waals surface area (Å²) in [6.07, 6.45) is 4.18. The van der Waals surface area contributed by atoms with Gasteiger partial charge in [0, 0.05) is 18.1 Å². The fraction of sp³-hybridized carbons (Fsp3) is 0.316. The Hall–Kier alpha value is -3.29. The molecule has 138 valence electrons. The molecule has 3 heterocycles. The van der Waals surface area contributed by atoms with Gasteiger partial charge in [0.2, 0.25) is 5.91 Å². The summed E-state index contributed by atoms with van der Waals surface area (Å²) in [5, 5.41) is 14.7. The van der Waals surface area contributed by atoms with Gasteiger partial charge < -0.3 is 10.6 Å². The number of nitrogens with zero attached hydrogens (tertiary/aromatic N) is 4. The zero-order valence-corrected chi connectivity index (χ0v) is 15.0. The van der Waals surface area contributed by atoms with Crippen molar-refractivity contribution in [1.82, 2.24) is 30.6 Å². The zero-order valence-electron chi connectivity index (χ0n) is 15.0. The van der Waals surface area contributed by atoms with Crippen LogP contribution >= 0.6 is 0 Å². The van der Waals surface area contributed by atoms with Crippen molar-refractivity contribution >= 4 is 22.7 Å². The highest BCUT2D eigenvalue weighted by atomic mass is 16.2. The first-order valence-corrected chi connectivity index (χ1v) is 8.99. The molecule has 0 spiro atoms. The summed E-state index contributed by atoms with van der Waals surface area (Å²) in [4.78, 5) is 29.0. The van der Waals surface area contributed by atoms with Crippen molar-refractivity contribution in [2.75, 3.05) is 6.54 Å². The van der Waals surface area contributed by atoms with E-state index < -0.39 is 6.04 Å². The van der Waals surface area contributed by atoms with E-state index in [0.717, 1.165) is 29.4 Å². The van der Waals surface area contributed by atoms with Crippen LogP contribution in [0, 0.1) is 6.92 Å². The quantitative estimate of drug-likeness (QED) is 0.734. The number of hydrogen-bond acceptors (Lipinski definition) is 5. The summed E-state index contributed by atoms with van der Waals surface area (Å²) in [6.45, 7) is 2.44. The first kappa shape index (κ1) is 17.1. The molecule has 0 unspecified atom stereocenters. The van der Waals surface area contributed by atoms with E-state index in [-0.39, 0.29) is 17.5 Å². The normalized spacial score (nSPS) is 17.4. The van der Waals surface area contributed by atoms with Crippen LogP contribution in [-0.4, -0.2) is 44.4 Å². The first-order valence-electron chi connectivity index (χ1n) is 8.99. The molecule has 0 saturated carbocycles. The number of carbonyl (C=O) groups excluding carboxylic acids is 2. The molecule has 2 N–H and O–H groups in total. The molecule has 4 rings (SSSR count). The predicted octanol–water partition coefficient (Wildman–Crippen LogP) is 1.52. The summed E-state index contributed by atoms with van der Waals surface area (Å²) >= 11 is 0. The van der Waals surface area contributed by atoms with Gasteiger partial charge in [-0.2, -0.15) is 0 Å². The smallest absolute Gasteiger partial charge is 0.274 e. The summed E-state index contributed by atoms with van der Waals surface area (Å²) in [7, 11) is 0. The maximum atomic E-state index is 12.6. The molecule has 8 heteroatoms. The van der Waals surface area contributed by atoms with Crippen LogP contribution in [0.15, 0.2) is 36.5 Å². The molecule has 0 aliphatic carbocycles. The van der Waals surface area contributed by atoms with Crippen LogP contribution < -0.4 is 10.6 Å². The number of fused-ring (bicyclic) bond motifs is 1. The highest BCUT2D eigenvalue weighted by Crippen LogP contribution is 2.18. The van der Waals surface area contributed by atoms with Crippen LogP contribution in [0.3, 0.4) is 0 Å². The molecular formula is C19H20N6O2. The lowest BCUT2D eigenvalue weighted by molar-refractivity contribution is -0.122. The van der Waals surface area contributed by atoms with Crippen molar-refractivity contribution in [2.24, 2.45) is 0 Å². The Morgan fingerprint density at radius 2 is 2.19 bits per heavy atom. The molecule has 1 atom stereocenters. The summed E-state index contributed by atoms with van der Waals surface area (Å²) in [5.41, 5.74) is 2.52. The van der Waals surface area contributed by atoms with Crippen molar-refractivity contribution in [2.45, 2.75) is 32.2 Å². The molecule has 1 aromatic carbocycles. The lowest BCUT2D eigenvalue weighted by atomic mass is 10.1. The number of pyridine rings is 1. The minimum atomic E-state index is -0.531. The minimum Gasteiger partial charge on any atom is -0.354 e. The van der Waals surface area contributed by atoms with Crippen LogP contribution in [0.4, 0.5) is 0 Å². The highest BCUT2D eigenvalue weighted by molar-refractivity contribution is 5.97. The Morgan fingerprint density at radius 3 is 3.07 bits per heavy atom. The molecule has 1 fully saturated rings. The third kappa shape index (κ3) is 3.38. The minimum absolute atomic E-state index is 0.145. The van der Waals surface area contributed by atoms with E-state index in [2.05, 4.69) is 25.9 Å². The molecule has 1 aliphatic rings. The second-order valence-electron chi connectivity index (χ2n) is 6.63. The molecule has 27 heavy (non-hydrogen) atoms. The van der Waals surface area contributed by atoms with E-state index in [4.69, 9.17) is 0 Å². The van der Waals surface area contributed by atoms with Gasteiger partial charge in [-0.3, -0.25) is 14.6 Å². The Bertz CT molecular complexity index is 1010. The van der Waals surface area contributed by atoms with Gasteiger partial charge in [0.05, 0.1) is 16.9 Å². The highest BCUT2D eigenvalue weighted by Gasteiger charge is 2.25. The van der Waals surface area contributed by atoms with E-state index in [0.29, 0.717) is 18.7 Å². The largest absolute Gasteiger partial charge is 0.354 e. The van der Waals surface area contributed by atoms with Gasteiger partial charge in [-0.05, 0) is 50.5 Å². The number of rotatable bonds is 3. The number of amides is 2.